The molecule has 0 aliphatic carbocycles. The van der Waals surface area contributed by atoms with Crippen LogP contribution in [0.25, 0.3) is 0 Å². The Balaban J connectivity index is 1.63. The molecule has 0 fully saturated rings. The molecule has 2 aromatic carbocycles. The Morgan fingerprint density at radius 1 is 1.07 bits per heavy atom. The second-order valence-corrected chi connectivity index (χ2v) is 7.14. The van der Waals surface area contributed by atoms with E-state index < -0.39 is 0 Å². The molecule has 30 heavy (non-hydrogen) atoms. The molecule has 1 atom stereocenters. The van der Waals surface area contributed by atoms with Crippen molar-refractivity contribution < 1.29 is 14.3 Å². The van der Waals surface area contributed by atoms with E-state index >= 15 is 0 Å². The quantitative estimate of drug-likeness (QED) is 0.588. The number of ether oxygens (including phenoxy) is 2. The summed E-state index contributed by atoms with van der Waals surface area (Å²) in [5.41, 5.74) is 2.61. The zero-order valence-corrected chi connectivity index (χ0v) is 17.5. The third kappa shape index (κ3) is 5.81. The van der Waals surface area contributed by atoms with Gasteiger partial charge in [0.1, 0.15) is 18.1 Å². The van der Waals surface area contributed by atoms with Gasteiger partial charge in [-0.05, 0) is 56.1 Å². The summed E-state index contributed by atoms with van der Waals surface area (Å²) >= 11 is 0. The van der Waals surface area contributed by atoms with Gasteiger partial charge in [-0.3, -0.25) is 9.78 Å². The topological polar surface area (TPSA) is 63.7 Å². The van der Waals surface area contributed by atoms with Gasteiger partial charge >= 0.3 is 0 Å². The molecule has 1 heterocycles. The molecule has 0 bridgehead atoms. The van der Waals surface area contributed by atoms with Crippen LogP contribution in [-0.4, -0.2) is 43.5 Å². The third-order valence-electron chi connectivity index (χ3n) is 4.78. The molecular weight excluding hydrogens is 378 g/mol. The third-order valence-corrected chi connectivity index (χ3v) is 4.78. The van der Waals surface area contributed by atoms with Gasteiger partial charge in [-0.25, -0.2) is 0 Å². The molecule has 156 valence electrons. The molecule has 6 nitrogen and oxygen atoms in total. The van der Waals surface area contributed by atoms with Gasteiger partial charge in [-0.2, -0.15) is 0 Å². The standard InChI is InChI=1S/C24H27N3O3/c1-27(2)23(19-8-4-10-21(13-19)29-3)16-26-24(28)20-9-5-11-22(14-20)30-17-18-7-6-12-25-15-18/h4-15,23H,16-17H2,1-3H3,(H,26,28). The highest BCUT2D eigenvalue weighted by Crippen LogP contribution is 2.22. The van der Waals surface area contributed by atoms with Crippen molar-refractivity contribution in [2.24, 2.45) is 0 Å². The predicted molar refractivity (Wildman–Crippen MR) is 117 cm³/mol. The summed E-state index contributed by atoms with van der Waals surface area (Å²) in [6, 6.07) is 18.9. The monoisotopic (exact) mass is 405 g/mol. The zero-order valence-electron chi connectivity index (χ0n) is 17.5. The Bertz CT molecular complexity index is 961. The van der Waals surface area contributed by atoms with E-state index in [4.69, 9.17) is 9.47 Å². The lowest BCUT2D eigenvalue weighted by molar-refractivity contribution is 0.0941. The Kier molecular flexibility index (Phi) is 7.40. The molecular formula is C24H27N3O3. The van der Waals surface area contributed by atoms with Crippen LogP contribution in [0, 0.1) is 0 Å². The number of aromatic nitrogens is 1. The fourth-order valence-electron chi connectivity index (χ4n) is 3.12. The van der Waals surface area contributed by atoms with E-state index in [0.29, 0.717) is 24.5 Å². The molecule has 0 saturated heterocycles. The van der Waals surface area contributed by atoms with Crippen molar-refractivity contribution in [3.63, 3.8) is 0 Å². The molecule has 3 aromatic rings. The van der Waals surface area contributed by atoms with Crippen LogP contribution < -0.4 is 14.8 Å². The molecule has 1 N–H and O–H groups in total. The van der Waals surface area contributed by atoms with E-state index in [1.54, 1.807) is 31.6 Å². The Hall–Kier alpha value is -3.38. The van der Waals surface area contributed by atoms with Crippen LogP contribution in [0.4, 0.5) is 0 Å². The lowest BCUT2D eigenvalue weighted by atomic mass is 10.1. The Labute approximate surface area is 177 Å². The summed E-state index contributed by atoms with van der Waals surface area (Å²) < 4.78 is 11.1. The van der Waals surface area contributed by atoms with E-state index in [1.807, 2.05) is 62.6 Å². The molecule has 1 aromatic heterocycles. The molecule has 1 unspecified atom stereocenters. The van der Waals surface area contributed by atoms with Gasteiger partial charge in [-0.1, -0.05) is 24.3 Å². The van der Waals surface area contributed by atoms with Crippen LogP contribution in [0.2, 0.25) is 0 Å². The highest BCUT2D eigenvalue weighted by atomic mass is 16.5. The number of carbonyl (C=O) groups is 1. The van der Waals surface area contributed by atoms with Gasteiger partial charge in [0.25, 0.3) is 5.91 Å². The minimum Gasteiger partial charge on any atom is -0.497 e. The second kappa shape index (κ2) is 10.4. The maximum absolute atomic E-state index is 12.7. The fraction of sp³-hybridized carbons (Fsp3) is 0.250. The number of methoxy groups -OCH3 is 1. The number of carbonyl (C=O) groups excluding carboxylic acids is 1. The first-order valence-corrected chi connectivity index (χ1v) is 9.77. The lowest BCUT2D eigenvalue weighted by Crippen LogP contribution is -2.34. The van der Waals surface area contributed by atoms with Crippen LogP contribution in [0.15, 0.2) is 73.1 Å². The summed E-state index contributed by atoms with van der Waals surface area (Å²) in [6.45, 7) is 0.872. The lowest BCUT2D eigenvalue weighted by Gasteiger charge is -2.25. The van der Waals surface area contributed by atoms with Crippen molar-refractivity contribution >= 4 is 5.91 Å². The Morgan fingerprint density at radius 3 is 2.60 bits per heavy atom. The minimum atomic E-state index is -0.142. The van der Waals surface area contributed by atoms with Gasteiger partial charge in [0.05, 0.1) is 13.2 Å². The molecule has 1 amide bonds. The second-order valence-electron chi connectivity index (χ2n) is 7.14. The van der Waals surface area contributed by atoms with E-state index in [0.717, 1.165) is 16.9 Å². The normalized spacial score (nSPS) is 11.7. The average Bonchev–Trinajstić information content (AvgIpc) is 2.78. The van der Waals surface area contributed by atoms with Gasteiger partial charge in [0.2, 0.25) is 0 Å². The number of nitrogens with one attached hydrogen (secondary N) is 1. The largest absolute Gasteiger partial charge is 0.497 e. The molecule has 0 saturated carbocycles. The fourth-order valence-corrected chi connectivity index (χ4v) is 3.12. The smallest absolute Gasteiger partial charge is 0.251 e. The van der Waals surface area contributed by atoms with E-state index in [9.17, 15) is 4.79 Å². The van der Waals surface area contributed by atoms with Crippen molar-refractivity contribution in [3.05, 3.63) is 89.7 Å². The Morgan fingerprint density at radius 2 is 1.87 bits per heavy atom. The molecule has 0 spiro atoms. The first kappa shape index (κ1) is 21.3. The maximum Gasteiger partial charge on any atom is 0.251 e. The first-order valence-electron chi connectivity index (χ1n) is 9.77. The van der Waals surface area contributed by atoms with Gasteiger partial charge in [0, 0.05) is 30.1 Å². The van der Waals surface area contributed by atoms with Crippen molar-refractivity contribution in [2.45, 2.75) is 12.6 Å². The van der Waals surface area contributed by atoms with Crippen LogP contribution >= 0.6 is 0 Å². The molecule has 0 aliphatic rings. The summed E-state index contributed by atoms with van der Waals surface area (Å²) in [5, 5.41) is 3.03. The summed E-state index contributed by atoms with van der Waals surface area (Å²) in [7, 11) is 5.63. The summed E-state index contributed by atoms with van der Waals surface area (Å²) in [6.07, 6.45) is 3.48. The van der Waals surface area contributed by atoms with Crippen LogP contribution in [0.5, 0.6) is 11.5 Å². The van der Waals surface area contributed by atoms with E-state index in [2.05, 4.69) is 15.2 Å². The number of hydrogen-bond donors (Lipinski definition) is 1. The van der Waals surface area contributed by atoms with E-state index in [-0.39, 0.29) is 11.9 Å². The average molecular weight is 405 g/mol. The van der Waals surface area contributed by atoms with Crippen molar-refractivity contribution in [2.75, 3.05) is 27.7 Å². The molecule has 3 rings (SSSR count). The minimum absolute atomic E-state index is 0.0223. The number of nitrogens with zero attached hydrogens (tertiary/aromatic N) is 2. The number of benzene rings is 2. The zero-order chi connectivity index (χ0) is 21.3. The molecule has 0 aliphatic heterocycles. The van der Waals surface area contributed by atoms with Crippen molar-refractivity contribution in [1.29, 1.82) is 0 Å². The van der Waals surface area contributed by atoms with Gasteiger partial charge < -0.3 is 19.7 Å². The van der Waals surface area contributed by atoms with Crippen LogP contribution in [0.3, 0.4) is 0 Å². The van der Waals surface area contributed by atoms with Gasteiger partial charge in [-0.15, -0.1) is 0 Å². The number of likely N-dealkylation sites (N-methyl/N-ethyl adjacent to an activating group) is 1. The van der Waals surface area contributed by atoms with Crippen molar-refractivity contribution in [3.8, 4) is 11.5 Å². The van der Waals surface area contributed by atoms with Gasteiger partial charge in [0.15, 0.2) is 0 Å². The predicted octanol–water partition coefficient (Wildman–Crippen LogP) is 3.70. The number of rotatable bonds is 9. The van der Waals surface area contributed by atoms with Crippen molar-refractivity contribution in [1.82, 2.24) is 15.2 Å². The summed E-state index contributed by atoms with van der Waals surface area (Å²) in [4.78, 5) is 18.9. The number of amides is 1. The maximum atomic E-state index is 12.7. The molecule has 0 radical (unpaired) electrons. The van der Waals surface area contributed by atoms with Crippen LogP contribution in [-0.2, 0) is 6.61 Å². The highest BCUT2D eigenvalue weighted by molar-refractivity contribution is 5.94. The SMILES string of the molecule is COc1cccc(C(CNC(=O)c2cccc(OCc3cccnc3)c2)N(C)C)c1. The van der Waals surface area contributed by atoms with Crippen LogP contribution in [0.1, 0.15) is 27.5 Å². The van der Waals surface area contributed by atoms with E-state index in [1.165, 1.54) is 0 Å². The number of pyridine rings is 1. The number of hydrogen-bond acceptors (Lipinski definition) is 5. The molecule has 6 heteroatoms. The summed E-state index contributed by atoms with van der Waals surface area (Å²) in [5.74, 6) is 1.30. The first-order chi connectivity index (χ1) is 14.6. The highest BCUT2D eigenvalue weighted by Gasteiger charge is 2.17.